The average Bonchev–Trinajstić information content (AvgIpc) is 2.81. The average molecular weight is 404 g/mol. The van der Waals surface area contributed by atoms with Crippen LogP contribution < -0.4 is 0 Å². The van der Waals surface area contributed by atoms with Crippen LogP contribution in [0.3, 0.4) is 0 Å². The van der Waals surface area contributed by atoms with Crippen LogP contribution in [-0.4, -0.2) is 72.5 Å². The molecule has 0 aromatic heterocycles. The SMILES string of the molecule is O=C(O)CN1C(=O)c2cc3c(cc2S1(=O)=O)S(=O)(=O)N(CC(=O)O)C3=O. The molecule has 1 aromatic carbocycles. The van der Waals surface area contributed by atoms with Gasteiger partial charge < -0.3 is 10.2 Å². The van der Waals surface area contributed by atoms with Crippen LogP contribution in [0.15, 0.2) is 21.9 Å². The van der Waals surface area contributed by atoms with Crippen LogP contribution >= 0.6 is 0 Å². The maximum atomic E-state index is 12.3. The lowest BCUT2D eigenvalue weighted by Gasteiger charge is -2.12. The van der Waals surface area contributed by atoms with E-state index in [-0.39, 0.29) is 8.61 Å². The fourth-order valence-corrected chi connectivity index (χ4v) is 5.73. The van der Waals surface area contributed by atoms with Crippen LogP contribution in [0.4, 0.5) is 0 Å². The summed E-state index contributed by atoms with van der Waals surface area (Å²) in [4.78, 5) is 44.4. The van der Waals surface area contributed by atoms with E-state index in [1.54, 1.807) is 0 Å². The summed E-state index contributed by atoms with van der Waals surface area (Å²) in [7, 11) is -9.26. The Bertz CT molecular complexity index is 1030. The third-order valence-electron chi connectivity index (χ3n) is 3.69. The summed E-state index contributed by atoms with van der Waals surface area (Å²) >= 11 is 0. The van der Waals surface area contributed by atoms with Gasteiger partial charge in [-0.05, 0) is 12.1 Å². The minimum atomic E-state index is -4.63. The maximum absolute atomic E-state index is 12.3. The van der Waals surface area contributed by atoms with Crippen LogP contribution in [0.1, 0.15) is 20.7 Å². The van der Waals surface area contributed by atoms with Gasteiger partial charge in [-0.1, -0.05) is 0 Å². The van der Waals surface area contributed by atoms with Gasteiger partial charge in [0.1, 0.15) is 22.9 Å². The zero-order chi connectivity index (χ0) is 19.6. The van der Waals surface area contributed by atoms with E-state index in [2.05, 4.69) is 0 Å². The molecular weight excluding hydrogens is 396 g/mol. The molecule has 0 saturated heterocycles. The summed E-state index contributed by atoms with van der Waals surface area (Å²) in [6.45, 7) is -2.35. The number of carbonyl (C=O) groups excluding carboxylic acids is 2. The summed E-state index contributed by atoms with van der Waals surface area (Å²) in [6.07, 6.45) is 0. The van der Waals surface area contributed by atoms with Crippen LogP contribution in [0, 0.1) is 0 Å². The lowest BCUT2D eigenvalue weighted by atomic mass is 10.1. The predicted octanol–water partition coefficient (Wildman–Crippen LogP) is -1.86. The first-order valence-corrected chi connectivity index (χ1v) is 9.53. The summed E-state index contributed by atoms with van der Waals surface area (Å²) in [5.74, 6) is -5.68. The number of carbonyl (C=O) groups is 4. The molecule has 26 heavy (non-hydrogen) atoms. The van der Waals surface area contributed by atoms with E-state index in [9.17, 15) is 36.0 Å². The molecule has 1 aromatic rings. The van der Waals surface area contributed by atoms with Gasteiger partial charge in [0.2, 0.25) is 0 Å². The van der Waals surface area contributed by atoms with E-state index < -0.39 is 77.8 Å². The smallest absolute Gasteiger partial charge is 0.324 e. The van der Waals surface area contributed by atoms with Gasteiger partial charge in [0.25, 0.3) is 31.9 Å². The number of fused-ring (bicyclic) bond motifs is 2. The number of hydrogen-bond donors (Lipinski definition) is 2. The van der Waals surface area contributed by atoms with Crippen molar-refractivity contribution < 1.29 is 46.2 Å². The summed E-state index contributed by atoms with van der Waals surface area (Å²) < 4.78 is 49.4. The Hall–Kier alpha value is -3.00. The number of hydrogen-bond acceptors (Lipinski definition) is 8. The first kappa shape index (κ1) is 17.8. The standard InChI is InChI=1S/C12H8N2O10S2/c15-9(16)3-13-11(19)5-1-6-8(2-7(5)25(13,21)22)26(23,24)14(12(6)20)4-10(17)18/h1-2H,3-4H2,(H,15,16)(H,17,18). The van der Waals surface area contributed by atoms with Crippen molar-refractivity contribution in [3.63, 3.8) is 0 Å². The molecule has 14 heteroatoms. The second-order valence-corrected chi connectivity index (χ2v) is 8.93. The van der Waals surface area contributed by atoms with Crippen molar-refractivity contribution in [3.8, 4) is 0 Å². The normalized spacial score (nSPS) is 19.4. The third kappa shape index (κ3) is 2.26. The quantitative estimate of drug-likeness (QED) is 0.577. The van der Waals surface area contributed by atoms with Crippen molar-refractivity contribution in [1.29, 1.82) is 0 Å². The van der Waals surface area contributed by atoms with Crippen molar-refractivity contribution in [3.05, 3.63) is 23.3 Å². The monoisotopic (exact) mass is 404 g/mol. The topological polar surface area (TPSA) is 183 Å². The van der Waals surface area contributed by atoms with Gasteiger partial charge >= 0.3 is 11.9 Å². The second-order valence-electron chi connectivity index (χ2n) is 5.27. The van der Waals surface area contributed by atoms with Crippen molar-refractivity contribution >= 4 is 43.8 Å². The third-order valence-corrected chi connectivity index (χ3v) is 7.23. The van der Waals surface area contributed by atoms with Crippen LogP contribution in [-0.2, 0) is 29.6 Å². The molecular formula is C12H8N2O10S2. The number of rotatable bonds is 4. The molecule has 0 spiro atoms. The van der Waals surface area contributed by atoms with Crippen molar-refractivity contribution in [2.45, 2.75) is 9.79 Å². The molecule has 3 rings (SSSR count). The van der Waals surface area contributed by atoms with Gasteiger partial charge in [-0.2, -0.15) is 0 Å². The van der Waals surface area contributed by atoms with Gasteiger partial charge in [0, 0.05) is 0 Å². The lowest BCUT2D eigenvalue weighted by Crippen LogP contribution is -2.35. The molecule has 138 valence electrons. The number of amides is 2. The van der Waals surface area contributed by atoms with Gasteiger partial charge in [-0.3, -0.25) is 19.2 Å². The molecule has 2 heterocycles. The highest BCUT2D eigenvalue weighted by atomic mass is 32.2. The van der Waals surface area contributed by atoms with Gasteiger partial charge in [0.05, 0.1) is 11.1 Å². The number of nitrogens with zero attached hydrogens (tertiary/aromatic N) is 2. The predicted molar refractivity (Wildman–Crippen MR) is 78.2 cm³/mol. The first-order valence-electron chi connectivity index (χ1n) is 6.65. The number of benzene rings is 1. The highest BCUT2D eigenvalue weighted by Crippen LogP contribution is 2.38. The molecule has 0 atom stereocenters. The molecule has 2 N–H and O–H groups in total. The molecule has 0 aliphatic carbocycles. The zero-order valence-electron chi connectivity index (χ0n) is 12.4. The highest BCUT2D eigenvalue weighted by molar-refractivity contribution is 7.91. The minimum Gasteiger partial charge on any atom is -0.480 e. The Balaban J connectivity index is 2.22. The van der Waals surface area contributed by atoms with Crippen molar-refractivity contribution in [2.24, 2.45) is 0 Å². The summed E-state index contributed by atoms with van der Waals surface area (Å²) in [5, 5.41) is 17.5. The second kappa shape index (κ2) is 5.25. The van der Waals surface area contributed by atoms with E-state index in [1.807, 2.05) is 0 Å². The fourth-order valence-electron chi connectivity index (χ4n) is 2.61. The summed E-state index contributed by atoms with van der Waals surface area (Å²) in [5.41, 5.74) is -1.13. The molecule has 2 aliphatic heterocycles. The number of sulfonamides is 2. The molecule has 0 saturated carbocycles. The molecule has 12 nitrogen and oxygen atoms in total. The number of aliphatic carboxylic acids is 2. The van der Waals surface area contributed by atoms with E-state index in [4.69, 9.17) is 10.2 Å². The molecule has 2 amide bonds. The van der Waals surface area contributed by atoms with Gasteiger partial charge in [-0.25, -0.2) is 25.4 Å². The Kier molecular flexibility index (Phi) is 3.59. The molecule has 0 bridgehead atoms. The Morgan fingerprint density at radius 1 is 0.769 bits per heavy atom. The number of carboxylic acids is 2. The van der Waals surface area contributed by atoms with E-state index in [0.29, 0.717) is 12.1 Å². The van der Waals surface area contributed by atoms with Crippen molar-refractivity contribution in [1.82, 2.24) is 8.61 Å². The Labute approximate surface area is 145 Å². The summed E-state index contributed by atoms with van der Waals surface area (Å²) in [6, 6.07) is 1.28. The molecule has 2 aliphatic rings. The Morgan fingerprint density at radius 2 is 1.12 bits per heavy atom. The van der Waals surface area contributed by atoms with Crippen LogP contribution in [0.25, 0.3) is 0 Å². The van der Waals surface area contributed by atoms with Crippen LogP contribution in [0.2, 0.25) is 0 Å². The Morgan fingerprint density at radius 3 is 1.42 bits per heavy atom. The molecule has 0 unspecified atom stereocenters. The van der Waals surface area contributed by atoms with Crippen LogP contribution in [0.5, 0.6) is 0 Å². The lowest BCUT2D eigenvalue weighted by molar-refractivity contribution is -0.137. The zero-order valence-corrected chi connectivity index (χ0v) is 14.1. The van der Waals surface area contributed by atoms with Gasteiger partial charge in [-0.15, -0.1) is 0 Å². The van der Waals surface area contributed by atoms with E-state index in [1.165, 1.54) is 0 Å². The first-order chi connectivity index (χ1) is 11.9. The largest absolute Gasteiger partial charge is 0.480 e. The van der Waals surface area contributed by atoms with E-state index in [0.717, 1.165) is 0 Å². The highest BCUT2D eigenvalue weighted by Gasteiger charge is 2.48. The maximum Gasteiger partial charge on any atom is 0.324 e. The minimum absolute atomic E-state index is 0.0429. The molecule has 0 fully saturated rings. The van der Waals surface area contributed by atoms with E-state index >= 15 is 0 Å². The van der Waals surface area contributed by atoms with Gasteiger partial charge in [0.15, 0.2) is 0 Å². The molecule has 0 radical (unpaired) electrons. The van der Waals surface area contributed by atoms with Crippen molar-refractivity contribution in [2.75, 3.05) is 13.1 Å². The number of carboxylic acid groups (broad SMARTS) is 2. The fraction of sp³-hybridized carbons (Fsp3) is 0.167.